The second-order valence-electron chi connectivity index (χ2n) is 16.3. The van der Waals surface area contributed by atoms with Gasteiger partial charge in [-0.05, 0) is 87.4 Å². The van der Waals surface area contributed by atoms with Crippen LogP contribution in [0, 0.1) is 12.8 Å². The van der Waals surface area contributed by atoms with Crippen molar-refractivity contribution in [2.75, 3.05) is 13.2 Å². The maximum atomic E-state index is 14.8. The third-order valence-electron chi connectivity index (χ3n) is 11.1. The molecule has 0 N–H and O–H groups in total. The summed E-state index contributed by atoms with van der Waals surface area (Å²) in [4.78, 5) is 61.6. The minimum Gasteiger partial charge on any atom is -0.491 e. The quantitative estimate of drug-likeness (QED) is 0.0413. The summed E-state index contributed by atoms with van der Waals surface area (Å²) in [5.74, 6) is -1.40. The van der Waals surface area contributed by atoms with Crippen LogP contribution in [0.15, 0.2) is 71.9 Å². The van der Waals surface area contributed by atoms with Crippen molar-refractivity contribution in [1.82, 2.24) is 9.63 Å². The summed E-state index contributed by atoms with van der Waals surface area (Å²) in [5, 5.41) is 8.83. The first-order valence-corrected chi connectivity index (χ1v) is 20.9. The molecule has 1 fully saturated rings. The molecule has 0 saturated carbocycles. The second kappa shape index (κ2) is 18.8. The van der Waals surface area contributed by atoms with E-state index in [2.05, 4.69) is 29.6 Å². The molecule has 0 spiro atoms. The number of ether oxygens (including phenoxy) is 3. The van der Waals surface area contributed by atoms with E-state index < -0.39 is 29.7 Å². The Bertz CT molecular complexity index is 2450. The number of carbonyl (C=O) groups excluding carboxylic acids is 4. The van der Waals surface area contributed by atoms with Crippen molar-refractivity contribution in [1.29, 1.82) is 0 Å². The normalized spacial score (nSPS) is 16.2. The Morgan fingerprint density at radius 3 is 2.30 bits per heavy atom. The number of oxime groups is 1. The van der Waals surface area contributed by atoms with Gasteiger partial charge in [0.25, 0.3) is 5.91 Å². The Hall–Kier alpha value is -5.59. The zero-order valence-electron chi connectivity index (χ0n) is 36.3. The number of hydrogen-bond donors (Lipinski definition) is 0. The van der Waals surface area contributed by atoms with Crippen molar-refractivity contribution in [2.24, 2.45) is 11.1 Å². The van der Waals surface area contributed by atoms with Crippen molar-refractivity contribution >= 4 is 61.9 Å². The highest BCUT2D eigenvalue weighted by molar-refractivity contribution is 6.26. The molecule has 60 heavy (non-hydrogen) atoms. The highest BCUT2D eigenvalue weighted by atomic mass is 16.7. The van der Waals surface area contributed by atoms with Crippen LogP contribution in [0.1, 0.15) is 115 Å². The summed E-state index contributed by atoms with van der Waals surface area (Å²) in [6.45, 7) is 17.2. The molecule has 12 heteroatoms. The van der Waals surface area contributed by atoms with Crippen molar-refractivity contribution in [3.05, 3.63) is 89.0 Å². The van der Waals surface area contributed by atoms with Gasteiger partial charge in [-0.1, -0.05) is 68.6 Å². The molecule has 3 unspecified atom stereocenters. The van der Waals surface area contributed by atoms with Gasteiger partial charge >= 0.3 is 11.9 Å². The van der Waals surface area contributed by atoms with Gasteiger partial charge in [0.2, 0.25) is 0 Å². The van der Waals surface area contributed by atoms with Crippen LogP contribution < -0.4 is 4.74 Å². The number of hydroxylamine groups is 2. The number of amides is 1. The van der Waals surface area contributed by atoms with E-state index in [1.807, 2.05) is 81.4 Å². The van der Waals surface area contributed by atoms with E-state index in [1.54, 1.807) is 6.92 Å². The molecule has 2 heterocycles. The standard InChI is InChI=1S/C48H57N3O9/c1-10-12-15-34(11-2)26-50-45-21-18-35(44(49-59-32(6)53)23-30(4)51(31(5)52)60-33(7)54)24-41(45)42-25-43(39-16-13-14-17-40(39)46(42)50)47(55)38-20-19-36(22-29(38)3)56-27-37-28-57-48(8,9)58-37/h13-14,16-22,24-25,30,34,37H,10-12,15,23,26-28H2,1-9H3/b49-44-. The number of hydrogen-bond acceptors (Lipinski definition) is 10. The van der Waals surface area contributed by atoms with Gasteiger partial charge < -0.3 is 28.5 Å². The molecule has 1 aliphatic heterocycles. The number of carbonyl (C=O) groups is 4. The number of rotatable bonds is 16. The molecule has 4 aromatic carbocycles. The fraction of sp³-hybridized carbons (Fsp3) is 0.438. The minimum atomic E-state index is -0.646. The van der Waals surface area contributed by atoms with Crippen molar-refractivity contribution < 1.29 is 43.1 Å². The Morgan fingerprint density at radius 1 is 0.917 bits per heavy atom. The fourth-order valence-electron chi connectivity index (χ4n) is 8.15. The highest BCUT2D eigenvalue weighted by Crippen LogP contribution is 2.39. The molecule has 1 amide bonds. The smallest absolute Gasteiger partial charge is 0.331 e. The predicted octanol–water partition coefficient (Wildman–Crippen LogP) is 9.61. The van der Waals surface area contributed by atoms with Gasteiger partial charge in [0.15, 0.2) is 11.6 Å². The molecule has 1 aromatic heterocycles. The lowest BCUT2D eigenvalue weighted by molar-refractivity contribution is -0.202. The second-order valence-corrected chi connectivity index (χ2v) is 16.3. The molecule has 12 nitrogen and oxygen atoms in total. The molecular weight excluding hydrogens is 763 g/mol. The van der Waals surface area contributed by atoms with Gasteiger partial charge in [-0.2, -0.15) is 5.06 Å². The number of fused-ring (bicyclic) bond motifs is 5. The molecule has 1 aliphatic rings. The predicted molar refractivity (Wildman–Crippen MR) is 232 cm³/mol. The Morgan fingerprint density at radius 2 is 1.67 bits per heavy atom. The molecule has 0 bridgehead atoms. The summed E-state index contributed by atoms with van der Waals surface area (Å²) in [5.41, 5.74) is 4.94. The van der Waals surface area contributed by atoms with E-state index in [-0.39, 0.29) is 18.3 Å². The van der Waals surface area contributed by atoms with E-state index in [4.69, 9.17) is 23.9 Å². The lowest BCUT2D eigenvalue weighted by Crippen LogP contribution is -2.39. The van der Waals surface area contributed by atoms with Gasteiger partial charge in [-0.15, -0.1) is 0 Å². The lowest BCUT2D eigenvalue weighted by Gasteiger charge is -2.26. The zero-order chi connectivity index (χ0) is 43.3. The summed E-state index contributed by atoms with van der Waals surface area (Å²) in [6.07, 6.45) is 4.25. The van der Waals surface area contributed by atoms with E-state index in [1.165, 1.54) is 20.8 Å². The number of unbranched alkanes of at least 4 members (excludes halogenated alkanes) is 1. The molecule has 0 radical (unpaired) electrons. The van der Waals surface area contributed by atoms with Crippen LogP contribution in [0.25, 0.3) is 32.6 Å². The monoisotopic (exact) mass is 819 g/mol. The van der Waals surface area contributed by atoms with Gasteiger partial charge in [-0.25, -0.2) is 4.79 Å². The first-order chi connectivity index (χ1) is 28.6. The van der Waals surface area contributed by atoms with Gasteiger partial charge in [0.1, 0.15) is 18.5 Å². The summed E-state index contributed by atoms with van der Waals surface area (Å²) >= 11 is 0. The minimum absolute atomic E-state index is 0.101. The molecule has 6 rings (SSSR count). The summed E-state index contributed by atoms with van der Waals surface area (Å²) in [7, 11) is 0. The van der Waals surface area contributed by atoms with E-state index in [9.17, 15) is 19.2 Å². The molecule has 318 valence electrons. The maximum absolute atomic E-state index is 14.8. The lowest BCUT2D eigenvalue weighted by atomic mass is 9.92. The van der Waals surface area contributed by atoms with Gasteiger partial charge in [-0.3, -0.25) is 14.4 Å². The summed E-state index contributed by atoms with van der Waals surface area (Å²) in [6, 6.07) is 20.9. The Kier molecular flexibility index (Phi) is 13.8. The van der Waals surface area contributed by atoms with Crippen LogP contribution in [-0.4, -0.2) is 70.1 Å². The Balaban J connectivity index is 1.49. The first-order valence-electron chi connectivity index (χ1n) is 20.9. The number of benzene rings is 4. The van der Waals surface area contributed by atoms with Crippen LogP contribution in [0.5, 0.6) is 5.75 Å². The number of ketones is 1. The number of nitrogens with zero attached hydrogens (tertiary/aromatic N) is 3. The van der Waals surface area contributed by atoms with Crippen molar-refractivity contribution in [2.45, 2.75) is 119 Å². The van der Waals surface area contributed by atoms with Gasteiger partial charge in [0.05, 0.1) is 23.9 Å². The third-order valence-corrected chi connectivity index (χ3v) is 11.1. The van der Waals surface area contributed by atoms with Crippen molar-refractivity contribution in [3.8, 4) is 5.75 Å². The van der Waals surface area contributed by atoms with E-state index >= 15 is 0 Å². The SMILES string of the molecule is CCCCC(CC)Cn1c2ccc(/C(CC(C)N(OC(C)=O)C(C)=O)=N\OC(C)=O)cc2c2cc(C(=O)c3ccc(OCC4COC(C)(C)O4)cc3C)c3ccccc3c21. The van der Waals surface area contributed by atoms with E-state index in [0.29, 0.717) is 47.3 Å². The van der Waals surface area contributed by atoms with Crippen LogP contribution >= 0.6 is 0 Å². The van der Waals surface area contributed by atoms with Crippen molar-refractivity contribution in [3.63, 3.8) is 0 Å². The van der Waals surface area contributed by atoms with E-state index in [0.717, 1.165) is 75.4 Å². The average molecular weight is 820 g/mol. The van der Waals surface area contributed by atoms with Gasteiger partial charge in [0, 0.05) is 72.1 Å². The highest BCUT2D eigenvalue weighted by Gasteiger charge is 2.33. The van der Waals surface area contributed by atoms with Crippen LogP contribution in [0.4, 0.5) is 0 Å². The zero-order valence-corrected chi connectivity index (χ0v) is 36.3. The molecule has 3 atom stereocenters. The molecular formula is C48H57N3O9. The fourth-order valence-corrected chi connectivity index (χ4v) is 8.15. The third kappa shape index (κ3) is 9.88. The van der Waals surface area contributed by atoms with Crippen LogP contribution in [0.3, 0.4) is 0 Å². The molecule has 5 aromatic rings. The molecule has 1 saturated heterocycles. The first kappa shape index (κ1) is 44.0. The number of aromatic nitrogens is 1. The van der Waals surface area contributed by atoms with Crippen LogP contribution in [-0.2, 0) is 40.1 Å². The van der Waals surface area contributed by atoms with Crippen LogP contribution in [0.2, 0.25) is 0 Å². The molecule has 0 aliphatic carbocycles. The maximum Gasteiger partial charge on any atom is 0.331 e. The largest absolute Gasteiger partial charge is 0.491 e. The average Bonchev–Trinajstić information content (AvgIpc) is 3.73. The Labute approximate surface area is 351 Å². The summed E-state index contributed by atoms with van der Waals surface area (Å²) < 4.78 is 20.0. The number of aryl methyl sites for hydroxylation is 1. The topological polar surface area (TPSA) is 135 Å².